The fourth-order valence-corrected chi connectivity index (χ4v) is 2.08. The van der Waals surface area contributed by atoms with Gasteiger partial charge >= 0.3 is 0 Å². The Kier molecular flexibility index (Phi) is 5.28. The molecule has 1 heterocycles. The summed E-state index contributed by atoms with van der Waals surface area (Å²) in [4.78, 5) is 8.67. The molecule has 0 amide bonds. The van der Waals surface area contributed by atoms with Crippen LogP contribution in [0.2, 0.25) is 0 Å². The van der Waals surface area contributed by atoms with Crippen LogP contribution >= 0.6 is 15.9 Å². The molecule has 0 aliphatic carbocycles. The summed E-state index contributed by atoms with van der Waals surface area (Å²) in [6, 6.07) is 7.87. The topological polar surface area (TPSA) is 84.6 Å². The molecule has 0 saturated heterocycles. The van der Waals surface area contributed by atoms with E-state index < -0.39 is 0 Å². The third-order valence-electron chi connectivity index (χ3n) is 2.63. The first kappa shape index (κ1) is 14.7. The van der Waals surface area contributed by atoms with Gasteiger partial charge in [0.15, 0.2) is 0 Å². The highest BCUT2D eigenvalue weighted by Crippen LogP contribution is 2.23. The van der Waals surface area contributed by atoms with E-state index in [0.717, 1.165) is 21.1 Å². The lowest BCUT2D eigenvalue weighted by Gasteiger charge is -2.11. The number of methoxy groups -OCH3 is 1. The summed E-state index contributed by atoms with van der Waals surface area (Å²) < 4.78 is 5.89. The highest BCUT2D eigenvalue weighted by Gasteiger charge is 2.05. The van der Waals surface area contributed by atoms with Crippen LogP contribution in [-0.4, -0.2) is 31.2 Å². The number of rotatable bonds is 4. The first-order valence-corrected chi connectivity index (χ1v) is 6.85. The third-order valence-corrected chi connectivity index (χ3v) is 3.07. The van der Waals surface area contributed by atoms with E-state index in [1.807, 2.05) is 24.3 Å². The molecular weight excluding hydrogens is 322 g/mol. The number of hydrazine groups is 1. The van der Waals surface area contributed by atoms with Crippen molar-refractivity contribution in [2.75, 3.05) is 25.6 Å². The molecule has 0 spiro atoms. The Morgan fingerprint density at radius 1 is 1.50 bits per heavy atom. The molecule has 106 valence electrons. The minimum absolute atomic E-state index is 0.472. The summed E-state index contributed by atoms with van der Waals surface area (Å²) in [5, 5.41) is 4.16. The predicted molar refractivity (Wildman–Crippen MR) is 84.6 cm³/mol. The first-order valence-electron chi connectivity index (χ1n) is 6.06. The van der Waals surface area contributed by atoms with Crippen LogP contribution in [0.25, 0.3) is 10.9 Å². The summed E-state index contributed by atoms with van der Waals surface area (Å²) in [5.41, 5.74) is 4.22. The Hall–Kier alpha value is -1.70. The van der Waals surface area contributed by atoms with Gasteiger partial charge in [-0.05, 0) is 28.1 Å². The molecule has 0 atom stereocenters. The van der Waals surface area contributed by atoms with Crippen molar-refractivity contribution in [1.29, 1.82) is 0 Å². The van der Waals surface area contributed by atoms with Crippen LogP contribution in [0.4, 0.5) is 5.69 Å². The van der Waals surface area contributed by atoms with Gasteiger partial charge < -0.3 is 10.1 Å². The van der Waals surface area contributed by atoms with Gasteiger partial charge in [0.2, 0.25) is 5.96 Å². The SMILES string of the molecule is COCCN=C(NN)Nc1cccc2cc(Br)cnc12. The number of fused-ring (bicyclic) bond motifs is 1. The minimum Gasteiger partial charge on any atom is -0.383 e. The molecule has 1 aromatic carbocycles. The number of nitrogens with zero attached hydrogens (tertiary/aromatic N) is 2. The second-order valence-corrected chi connectivity index (χ2v) is 4.94. The monoisotopic (exact) mass is 337 g/mol. The van der Waals surface area contributed by atoms with Gasteiger partial charge in [-0.15, -0.1) is 0 Å². The van der Waals surface area contributed by atoms with Gasteiger partial charge in [-0.3, -0.25) is 10.4 Å². The van der Waals surface area contributed by atoms with Crippen LogP contribution in [0.3, 0.4) is 0 Å². The zero-order valence-corrected chi connectivity index (χ0v) is 12.6. The number of nitrogens with one attached hydrogen (secondary N) is 2. The van der Waals surface area contributed by atoms with Crippen molar-refractivity contribution in [2.45, 2.75) is 0 Å². The standard InChI is InChI=1S/C13H16BrN5O/c1-20-6-5-16-13(19-15)18-11-4-2-3-9-7-10(14)8-17-12(9)11/h2-4,7-8H,5-6,15H2,1H3,(H2,16,18,19). The molecule has 4 N–H and O–H groups in total. The highest BCUT2D eigenvalue weighted by molar-refractivity contribution is 9.10. The molecule has 0 aliphatic heterocycles. The molecule has 6 nitrogen and oxygen atoms in total. The lowest BCUT2D eigenvalue weighted by atomic mass is 10.2. The normalized spacial score (nSPS) is 11.7. The van der Waals surface area contributed by atoms with Crippen molar-refractivity contribution in [3.05, 3.63) is 34.9 Å². The predicted octanol–water partition coefficient (Wildman–Crippen LogP) is 1.87. The number of nitrogens with two attached hydrogens (primary N) is 1. The summed E-state index contributed by atoms with van der Waals surface area (Å²) in [6.45, 7) is 1.06. The van der Waals surface area contributed by atoms with Crippen molar-refractivity contribution in [3.8, 4) is 0 Å². The summed E-state index contributed by atoms with van der Waals surface area (Å²) in [6.07, 6.45) is 1.76. The maximum atomic E-state index is 5.46. The number of pyridine rings is 1. The van der Waals surface area contributed by atoms with Crippen molar-refractivity contribution >= 4 is 38.5 Å². The van der Waals surface area contributed by atoms with Crippen LogP contribution in [0, 0.1) is 0 Å². The first-order chi connectivity index (χ1) is 9.74. The fraction of sp³-hybridized carbons (Fsp3) is 0.231. The molecule has 20 heavy (non-hydrogen) atoms. The number of hydrogen-bond donors (Lipinski definition) is 3. The van der Waals surface area contributed by atoms with E-state index >= 15 is 0 Å². The number of benzene rings is 1. The summed E-state index contributed by atoms with van der Waals surface area (Å²) >= 11 is 3.41. The van der Waals surface area contributed by atoms with E-state index in [2.05, 4.69) is 36.6 Å². The van der Waals surface area contributed by atoms with Gasteiger partial charge in [0, 0.05) is 23.2 Å². The fourth-order valence-electron chi connectivity index (χ4n) is 1.73. The van der Waals surface area contributed by atoms with Crippen molar-refractivity contribution < 1.29 is 4.74 Å². The number of anilines is 1. The van der Waals surface area contributed by atoms with E-state index in [9.17, 15) is 0 Å². The second-order valence-electron chi connectivity index (χ2n) is 4.02. The van der Waals surface area contributed by atoms with E-state index in [0.29, 0.717) is 19.1 Å². The maximum absolute atomic E-state index is 5.46. The average molecular weight is 338 g/mol. The van der Waals surface area contributed by atoms with Gasteiger partial charge in [-0.1, -0.05) is 12.1 Å². The molecule has 0 fully saturated rings. The molecule has 0 bridgehead atoms. The number of ether oxygens (including phenoxy) is 1. The van der Waals surface area contributed by atoms with Crippen molar-refractivity contribution in [2.24, 2.45) is 10.8 Å². The van der Waals surface area contributed by atoms with Gasteiger partial charge in [0.05, 0.1) is 24.4 Å². The number of halogens is 1. The Morgan fingerprint density at radius 3 is 3.10 bits per heavy atom. The van der Waals surface area contributed by atoms with E-state index in [4.69, 9.17) is 10.6 Å². The van der Waals surface area contributed by atoms with Gasteiger partial charge in [0.1, 0.15) is 0 Å². The van der Waals surface area contributed by atoms with Crippen LogP contribution < -0.4 is 16.6 Å². The Balaban J connectivity index is 2.26. The van der Waals surface area contributed by atoms with Gasteiger partial charge in [-0.25, -0.2) is 10.8 Å². The van der Waals surface area contributed by atoms with E-state index in [1.165, 1.54) is 0 Å². The van der Waals surface area contributed by atoms with E-state index in [1.54, 1.807) is 13.3 Å². The number of guanidine groups is 1. The third kappa shape index (κ3) is 3.66. The molecule has 2 rings (SSSR count). The number of para-hydroxylation sites is 1. The van der Waals surface area contributed by atoms with E-state index in [-0.39, 0.29) is 0 Å². The molecule has 0 saturated carbocycles. The van der Waals surface area contributed by atoms with Crippen LogP contribution in [0.1, 0.15) is 0 Å². The molecule has 0 unspecified atom stereocenters. The number of aliphatic imine (C=N–C) groups is 1. The molecule has 2 aromatic rings. The van der Waals surface area contributed by atoms with Crippen molar-refractivity contribution in [1.82, 2.24) is 10.4 Å². The number of hydrogen-bond acceptors (Lipinski definition) is 4. The van der Waals surface area contributed by atoms with Gasteiger partial charge in [-0.2, -0.15) is 0 Å². The molecule has 1 aromatic heterocycles. The van der Waals surface area contributed by atoms with Crippen molar-refractivity contribution in [3.63, 3.8) is 0 Å². The lowest BCUT2D eigenvalue weighted by molar-refractivity contribution is 0.208. The number of aromatic nitrogens is 1. The summed E-state index contributed by atoms with van der Waals surface area (Å²) in [7, 11) is 1.63. The molecule has 7 heteroatoms. The maximum Gasteiger partial charge on any atom is 0.210 e. The zero-order chi connectivity index (χ0) is 14.4. The van der Waals surface area contributed by atoms with Crippen LogP contribution in [0.15, 0.2) is 39.9 Å². The largest absolute Gasteiger partial charge is 0.383 e. The average Bonchev–Trinajstić information content (AvgIpc) is 2.46. The highest BCUT2D eigenvalue weighted by atomic mass is 79.9. The quantitative estimate of drug-likeness (QED) is 0.261. The van der Waals surface area contributed by atoms with Gasteiger partial charge in [0.25, 0.3) is 0 Å². The van der Waals surface area contributed by atoms with Crippen LogP contribution in [0.5, 0.6) is 0 Å². The summed E-state index contributed by atoms with van der Waals surface area (Å²) in [5.74, 6) is 5.93. The Morgan fingerprint density at radius 2 is 2.35 bits per heavy atom. The Labute approximate surface area is 125 Å². The smallest absolute Gasteiger partial charge is 0.210 e. The van der Waals surface area contributed by atoms with Crippen LogP contribution in [-0.2, 0) is 4.74 Å². The molecule has 0 radical (unpaired) electrons. The zero-order valence-electron chi connectivity index (χ0n) is 11.1. The minimum atomic E-state index is 0.472. The lowest BCUT2D eigenvalue weighted by Crippen LogP contribution is -2.36. The Bertz CT molecular complexity index is 617. The molecular formula is C13H16BrN5O. The molecule has 0 aliphatic rings. The second kappa shape index (κ2) is 7.18.